The van der Waals surface area contributed by atoms with E-state index in [1.54, 1.807) is 18.2 Å². The van der Waals surface area contributed by atoms with Crippen molar-refractivity contribution in [2.75, 3.05) is 32.1 Å². The molecule has 1 aliphatic rings. The highest BCUT2D eigenvalue weighted by molar-refractivity contribution is 5.85. The molecule has 2 aromatic heterocycles. The van der Waals surface area contributed by atoms with Gasteiger partial charge in [0.2, 0.25) is 5.95 Å². The first-order valence-corrected chi connectivity index (χ1v) is 12.5. The van der Waals surface area contributed by atoms with Crippen molar-refractivity contribution < 1.29 is 14.2 Å². The van der Waals surface area contributed by atoms with Gasteiger partial charge in [-0.25, -0.2) is 14.4 Å². The Bertz CT molecular complexity index is 1380. The predicted octanol–water partition coefficient (Wildman–Crippen LogP) is 3.39. The molecule has 4 rings (SSSR count). The van der Waals surface area contributed by atoms with Gasteiger partial charge in [0.25, 0.3) is 0 Å². The van der Waals surface area contributed by atoms with Crippen LogP contribution in [0.25, 0.3) is 22.2 Å². The number of nitrogens with one attached hydrogen (secondary N) is 1. The van der Waals surface area contributed by atoms with E-state index >= 15 is 0 Å². The number of aliphatic hydroxyl groups is 1. The van der Waals surface area contributed by atoms with Crippen LogP contribution in [0.5, 0.6) is 0 Å². The fourth-order valence-electron chi connectivity index (χ4n) is 4.79. The summed E-state index contributed by atoms with van der Waals surface area (Å²) < 4.78 is 22.3. The van der Waals surface area contributed by atoms with Gasteiger partial charge in [-0.3, -0.25) is 9.69 Å². The summed E-state index contributed by atoms with van der Waals surface area (Å²) in [4.78, 5) is 23.8. The molecule has 0 aliphatic carbocycles. The fourth-order valence-corrected chi connectivity index (χ4v) is 4.79. The summed E-state index contributed by atoms with van der Waals surface area (Å²) in [6.07, 6.45) is 1.38. The zero-order valence-corrected chi connectivity index (χ0v) is 21.7. The van der Waals surface area contributed by atoms with Crippen LogP contribution in [0.2, 0.25) is 0 Å². The van der Waals surface area contributed by atoms with Crippen LogP contribution in [0.3, 0.4) is 0 Å². The smallest absolute Gasteiger partial charge is 0.223 e. The molecular formula is C27H33FN6O3. The summed E-state index contributed by atoms with van der Waals surface area (Å²) in [7, 11) is 1.92. The van der Waals surface area contributed by atoms with E-state index in [-0.39, 0.29) is 35.8 Å². The lowest BCUT2D eigenvalue weighted by Crippen LogP contribution is -2.42. The Balaban J connectivity index is 1.79. The lowest BCUT2D eigenvalue weighted by Gasteiger charge is -2.28. The molecule has 0 spiro atoms. The second-order valence-electron chi connectivity index (χ2n) is 9.81. The van der Waals surface area contributed by atoms with Crippen LogP contribution in [-0.2, 0) is 11.3 Å². The van der Waals surface area contributed by atoms with Gasteiger partial charge in [-0.15, -0.1) is 0 Å². The normalized spacial score (nSPS) is 17.9. The van der Waals surface area contributed by atoms with Crippen molar-refractivity contribution in [3.63, 3.8) is 0 Å². The van der Waals surface area contributed by atoms with Gasteiger partial charge in [0.1, 0.15) is 5.69 Å². The number of fused-ring (bicyclic) bond motifs is 1. The first-order valence-electron chi connectivity index (χ1n) is 12.5. The molecule has 3 heterocycles. The van der Waals surface area contributed by atoms with E-state index in [2.05, 4.69) is 25.9 Å². The van der Waals surface area contributed by atoms with Crippen molar-refractivity contribution in [2.45, 2.75) is 58.3 Å². The zero-order valence-electron chi connectivity index (χ0n) is 21.7. The molecule has 196 valence electrons. The molecule has 3 aromatic rings. The Kier molecular flexibility index (Phi) is 8.17. The first-order chi connectivity index (χ1) is 17.7. The molecular weight excluding hydrogens is 475 g/mol. The molecule has 0 amide bonds. The van der Waals surface area contributed by atoms with Crippen molar-refractivity contribution >= 4 is 16.9 Å². The van der Waals surface area contributed by atoms with Crippen molar-refractivity contribution in [3.05, 3.63) is 51.7 Å². The van der Waals surface area contributed by atoms with Gasteiger partial charge in [0.05, 0.1) is 36.5 Å². The van der Waals surface area contributed by atoms with Gasteiger partial charge < -0.3 is 19.7 Å². The van der Waals surface area contributed by atoms with Gasteiger partial charge in [0.15, 0.2) is 11.2 Å². The van der Waals surface area contributed by atoms with Crippen molar-refractivity contribution in [2.24, 2.45) is 0 Å². The number of pyridine rings is 1. The van der Waals surface area contributed by atoms with E-state index < -0.39 is 11.9 Å². The average Bonchev–Trinajstić information content (AvgIpc) is 2.88. The largest absolute Gasteiger partial charge is 0.389 e. The number of nitriles is 1. The Morgan fingerprint density at radius 3 is 2.89 bits per heavy atom. The topological polar surface area (TPSA) is 116 Å². The van der Waals surface area contributed by atoms with Gasteiger partial charge in [-0.1, -0.05) is 6.07 Å². The molecule has 0 saturated carbocycles. The molecule has 0 radical (unpaired) electrons. The first kappa shape index (κ1) is 26.7. The number of rotatable bonds is 8. The van der Waals surface area contributed by atoms with E-state index in [4.69, 9.17) is 10.00 Å². The number of aromatic nitrogens is 3. The maximum Gasteiger partial charge on any atom is 0.223 e. The second-order valence-corrected chi connectivity index (χ2v) is 9.81. The lowest BCUT2D eigenvalue weighted by atomic mass is 10.0. The minimum atomic E-state index is -0.708. The second kappa shape index (κ2) is 11.3. The van der Waals surface area contributed by atoms with Gasteiger partial charge in [-0.05, 0) is 46.4 Å². The number of halogens is 1. The quantitative estimate of drug-likeness (QED) is 0.476. The van der Waals surface area contributed by atoms with Gasteiger partial charge in [0, 0.05) is 54.4 Å². The van der Waals surface area contributed by atoms with Crippen LogP contribution in [0.1, 0.15) is 44.0 Å². The number of hydrogen-bond donors (Lipinski definition) is 2. The van der Waals surface area contributed by atoms with Crippen molar-refractivity contribution in [1.82, 2.24) is 19.4 Å². The number of hydrogen-bond acceptors (Lipinski definition) is 8. The Morgan fingerprint density at radius 2 is 2.19 bits per heavy atom. The Labute approximate surface area is 215 Å². The highest BCUT2D eigenvalue weighted by atomic mass is 19.1. The van der Waals surface area contributed by atoms with Crippen LogP contribution in [0.4, 0.5) is 10.3 Å². The monoisotopic (exact) mass is 508 g/mol. The van der Waals surface area contributed by atoms with Crippen molar-refractivity contribution in [3.8, 4) is 17.3 Å². The number of nitrogens with zero attached hydrogens (tertiary/aromatic N) is 5. The molecule has 2 atom stereocenters. The highest BCUT2D eigenvalue weighted by Crippen LogP contribution is 2.29. The highest BCUT2D eigenvalue weighted by Gasteiger charge is 2.25. The predicted molar refractivity (Wildman–Crippen MR) is 140 cm³/mol. The lowest BCUT2D eigenvalue weighted by molar-refractivity contribution is -0.0136. The Hall–Kier alpha value is -3.39. The van der Waals surface area contributed by atoms with E-state index in [1.807, 2.05) is 32.7 Å². The third-order valence-corrected chi connectivity index (χ3v) is 6.77. The number of benzene rings is 1. The van der Waals surface area contributed by atoms with Gasteiger partial charge >= 0.3 is 0 Å². The van der Waals surface area contributed by atoms with E-state index in [9.17, 15) is 14.3 Å². The maximum absolute atomic E-state index is 15.0. The summed E-state index contributed by atoms with van der Waals surface area (Å²) in [5.74, 6) is -0.369. The van der Waals surface area contributed by atoms with E-state index in [1.165, 1.54) is 0 Å². The maximum atomic E-state index is 15.0. The van der Waals surface area contributed by atoms with E-state index in [0.717, 1.165) is 11.9 Å². The SMILES string of the molecule is Cc1c(CN(C)CCC#N)n(C(C)C)c2cc(-c3nc(N[C@@H]4CCOC[C@H]4O)ncc3F)ccc2c1=O. The molecule has 2 N–H and O–H groups in total. The fraction of sp³-hybridized carbons (Fsp3) is 0.481. The third-order valence-electron chi connectivity index (χ3n) is 6.77. The molecule has 9 nitrogen and oxygen atoms in total. The van der Waals surface area contributed by atoms with Crippen LogP contribution in [-0.4, -0.2) is 63.5 Å². The third kappa shape index (κ3) is 5.64. The summed E-state index contributed by atoms with van der Waals surface area (Å²) >= 11 is 0. The van der Waals surface area contributed by atoms with Gasteiger partial charge in [-0.2, -0.15) is 5.26 Å². The van der Waals surface area contributed by atoms with Crippen LogP contribution >= 0.6 is 0 Å². The molecule has 37 heavy (non-hydrogen) atoms. The zero-order chi connectivity index (χ0) is 26.7. The van der Waals surface area contributed by atoms with Crippen LogP contribution in [0.15, 0.2) is 29.2 Å². The molecule has 1 aliphatic heterocycles. The average molecular weight is 509 g/mol. The molecule has 10 heteroatoms. The van der Waals surface area contributed by atoms with Crippen LogP contribution in [0, 0.1) is 24.1 Å². The number of anilines is 1. The summed E-state index contributed by atoms with van der Waals surface area (Å²) in [6, 6.07) is 7.11. The number of ether oxygens (including phenoxy) is 1. The van der Waals surface area contributed by atoms with E-state index in [0.29, 0.717) is 54.6 Å². The number of aliphatic hydroxyl groups excluding tert-OH is 1. The summed E-state index contributed by atoms with van der Waals surface area (Å²) in [5.41, 5.74) is 2.78. The molecule has 1 saturated heterocycles. The van der Waals surface area contributed by atoms with Crippen molar-refractivity contribution in [1.29, 1.82) is 5.26 Å². The molecule has 0 bridgehead atoms. The minimum absolute atomic E-state index is 0.0268. The molecule has 0 unspecified atom stereocenters. The van der Waals surface area contributed by atoms with Crippen LogP contribution < -0.4 is 10.7 Å². The summed E-state index contributed by atoms with van der Waals surface area (Å²) in [6.45, 7) is 7.73. The summed E-state index contributed by atoms with van der Waals surface area (Å²) in [5, 5.41) is 22.8. The minimum Gasteiger partial charge on any atom is -0.389 e. The molecule has 1 fully saturated rings. The Morgan fingerprint density at radius 1 is 1.41 bits per heavy atom. The molecule has 1 aromatic carbocycles. The standard InChI is InChI=1S/C27H33FN6O3/c1-16(2)34-22-12-18(6-7-19(22)26(36)17(3)23(34)14-33(4)10-5-9-29)25-20(28)13-30-27(32-25)31-21-8-11-37-15-24(21)35/h6-7,12-13,16,21,24,35H,5,8,10-11,14-15H2,1-4H3,(H,30,31,32)/t21-,24-/m1/s1.